The predicted molar refractivity (Wildman–Crippen MR) is 120 cm³/mol. The molecule has 170 valence electrons. The first-order chi connectivity index (χ1) is 15.6. The second-order valence-electron chi connectivity index (χ2n) is 9.44. The van der Waals surface area contributed by atoms with Crippen LogP contribution in [-0.4, -0.2) is 44.8 Å². The van der Waals surface area contributed by atoms with E-state index in [1.54, 1.807) is 12.1 Å². The van der Waals surface area contributed by atoms with Crippen LogP contribution < -0.4 is 5.56 Å². The van der Waals surface area contributed by atoms with Crippen LogP contribution in [0.4, 0.5) is 4.39 Å². The van der Waals surface area contributed by atoms with Crippen LogP contribution in [0.3, 0.4) is 0 Å². The molecule has 1 aromatic carbocycles. The molecule has 0 bridgehead atoms. The van der Waals surface area contributed by atoms with E-state index in [0.29, 0.717) is 18.4 Å². The molecule has 2 aliphatic heterocycles. The highest BCUT2D eigenvalue weighted by Gasteiger charge is 2.32. The van der Waals surface area contributed by atoms with Crippen molar-refractivity contribution in [1.82, 2.24) is 19.8 Å². The van der Waals surface area contributed by atoms with Gasteiger partial charge in [0.05, 0.1) is 18.2 Å². The molecule has 3 heterocycles. The highest BCUT2D eigenvalue weighted by Crippen LogP contribution is 2.31. The van der Waals surface area contributed by atoms with Crippen LogP contribution in [-0.2, 0) is 24.2 Å². The summed E-state index contributed by atoms with van der Waals surface area (Å²) < 4.78 is 13.2. The fourth-order valence-electron chi connectivity index (χ4n) is 5.61. The number of aromatic amines is 1. The zero-order chi connectivity index (χ0) is 22.1. The number of nitrogens with one attached hydrogen (secondary N) is 1. The largest absolute Gasteiger partial charge is 0.332 e. The van der Waals surface area contributed by atoms with E-state index >= 15 is 0 Å². The molecule has 1 saturated carbocycles. The third kappa shape index (κ3) is 4.35. The van der Waals surface area contributed by atoms with E-state index in [4.69, 9.17) is 4.98 Å². The number of nitrogens with zero attached hydrogens (tertiary/aromatic N) is 3. The molecule has 6 nitrogen and oxygen atoms in total. The van der Waals surface area contributed by atoms with Gasteiger partial charge in [0.25, 0.3) is 5.56 Å². The Morgan fingerprint density at radius 3 is 2.59 bits per heavy atom. The number of piperidine rings is 1. The van der Waals surface area contributed by atoms with Crippen molar-refractivity contribution in [2.24, 2.45) is 0 Å². The van der Waals surface area contributed by atoms with E-state index in [1.165, 1.54) is 37.8 Å². The number of H-pyrrole nitrogens is 1. The number of rotatable bonds is 4. The lowest BCUT2D eigenvalue weighted by Crippen LogP contribution is -2.43. The zero-order valence-corrected chi connectivity index (χ0v) is 18.5. The molecule has 2 aromatic rings. The average molecular weight is 439 g/mol. The number of carbonyl (C=O) groups is 1. The van der Waals surface area contributed by atoms with E-state index < -0.39 is 0 Å². The van der Waals surface area contributed by atoms with Crippen LogP contribution in [0.1, 0.15) is 73.6 Å². The Balaban J connectivity index is 1.38. The monoisotopic (exact) mass is 438 g/mol. The summed E-state index contributed by atoms with van der Waals surface area (Å²) in [5.41, 5.74) is 2.44. The SMILES string of the molecule is O=C(Cc1ccc(F)cc1)N1CCCC[C@H]1c1nc2c(c(=O)[nH]1)CCN(C1CCCC1)C2. The predicted octanol–water partition coefficient (Wildman–Crippen LogP) is 3.51. The smallest absolute Gasteiger partial charge is 0.254 e. The number of carbonyl (C=O) groups excluding carboxylic acids is 1. The Bertz CT molecular complexity index is 1030. The summed E-state index contributed by atoms with van der Waals surface area (Å²) in [4.78, 5) is 38.3. The first-order valence-corrected chi connectivity index (χ1v) is 12.0. The van der Waals surface area contributed by atoms with Gasteiger partial charge in [-0.1, -0.05) is 25.0 Å². The van der Waals surface area contributed by atoms with Gasteiger partial charge in [0.2, 0.25) is 5.91 Å². The van der Waals surface area contributed by atoms with Gasteiger partial charge in [-0.3, -0.25) is 14.5 Å². The molecule has 1 aromatic heterocycles. The zero-order valence-electron chi connectivity index (χ0n) is 18.5. The van der Waals surface area contributed by atoms with Gasteiger partial charge in [-0.15, -0.1) is 0 Å². The lowest BCUT2D eigenvalue weighted by molar-refractivity contribution is -0.134. The average Bonchev–Trinajstić information content (AvgIpc) is 3.35. The molecule has 0 radical (unpaired) electrons. The minimum absolute atomic E-state index is 0.00531. The van der Waals surface area contributed by atoms with Crippen molar-refractivity contribution in [3.8, 4) is 0 Å². The molecule has 1 saturated heterocycles. The summed E-state index contributed by atoms with van der Waals surface area (Å²) in [6.45, 7) is 2.31. The van der Waals surface area contributed by atoms with Gasteiger partial charge in [0.15, 0.2) is 0 Å². The first-order valence-electron chi connectivity index (χ1n) is 12.0. The summed E-state index contributed by atoms with van der Waals surface area (Å²) in [5, 5.41) is 0. The van der Waals surface area contributed by atoms with Crippen LogP contribution >= 0.6 is 0 Å². The summed E-state index contributed by atoms with van der Waals surface area (Å²) in [6.07, 6.45) is 8.75. The third-order valence-electron chi connectivity index (χ3n) is 7.37. The molecular formula is C25H31FN4O2. The number of halogens is 1. The minimum atomic E-state index is -0.306. The number of hydrogen-bond donors (Lipinski definition) is 1. The van der Waals surface area contributed by atoms with Crippen molar-refractivity contribution in [3.05, 3.63) is 63.1 Å². The fraction of sp³-hybridized carbons (Fsp3) is 0.560. The molecule has 32 heavy (non-hydrogen) atoms. The first kappa shape index (κ1) is 21.3. The van der Waals surface area contributed by atoms with Crippen molar-refractivity contribution in [1.29, 1.82) is 0 Å². The maximum absolute atomic E-state index is 13.2. The Labute approximate surface area is 187 Å². The van der Waals surface area contributed by atoms with E-state index in [-0.39, 0.29) is 29.7 Å². The Hall–Kier alpha value is -2.54. The number of likely N-dealkylation sites (tertiary alicyclic amines) is 1. The summed E-state index contributed by atoms with van der Waals surface area (Å²) in [6, 6.07) is 6.47. The molecule has 5 rings (SSSR count). The van der Waals surface area contributed by atoms with Gasteiger partial charge in [0, 0.05) is 31.2 Å². The second-order valence-corrected chi connectivity index (χ2v) is 9.44. The van der Waals surface area contributed by atoms with Gasteiger partial charge < -0.3 is 9.88 Å². The van der Waals surface area contributed by atoms with Gasteiger partial charge in [-0.2, -0.15) is 0 Å². The number of hydrogen-bond acceptors (Lipinski definition) is 4. The Morgan fingerprint density at radius 1 is 1.06 bits per heavy atom. The molecule has 1 amide bonds. The lowest BCUT2D eigenvalue weighted by atomic mass is 9.98. The maximum Gasteiger partial charge on any atom is 0.254 e. The minimum Gasteiger partial charge on any atom is -0.332 e. The van der Waals surface area contributed by atoms with E-state index in [1.807, 2.05) is 4.90 Å². The van der Waals surface area contributed by atoms with Gasteiger partial charge in [-0.25, -0.2) is 9.37 Å². The molecule has 1 N–H and O–H groups in total. The normalized spacial score (nSPS) is 22.2. The van der Waals surface area contributed by atoms with Crippen molar-refractivity contribution in [2.75, 3.05) is 13.1 Å². The molecule has 1 aliphatic carbocycles. The number of aromatic nitrogens is 2. The fourth-order valence-corrected chi connectivity index (χ4v) is 5.61. The van der Waals surface area contributed by atoms with Crippen molar-refractivity contribution >= 4 is 5.91 Å². The highest BCUT2D eigenvalue weighted by atomic mass is 19.1. The van der Waals surface area contributed by atoms with Gasteiger partial charge in [0.1, 0.15) is 11.6 Å². The lowest BCUT2D eigenvalue weighted by Gasteiger charge is -2.36. The second kappa shape index (κ2) is 9.14. The molecule has 2 fully saturated rings. The van der Waals surface area contributed by atoms with Gasteiger partial charge in [-0.05, 0) is 56.2 Å². The Kier molecular flexibility index (Phi) is 6.09. The summed E-state index contributed by atoms with van der Waals surface area (Å²) in [7, 11) is 0. The third-order valence-corrected chi connectivity index (χ3v) is 7.37. The van der Waals surface area contributed by atoms with Crippen LogP contribution in [0.2, 0.25) is 0 Å². The molecule has 7 heteroatoms. The van der Waals surface area contributed by atoms with Crippen LogP contribution in [0.15, 0.2) is 29.1 Å². The number of fused-ring (bicyclic) bond motifs is 1. The number of amides is 1. The summed E-state index contributed by atoms with van der Waals surface area (Å²) >= 11 is 0. The van der Waals surface area contributed by atoms with E-state index in [9.17, 15) is 14.0 Å². The van der Waals surface area contributed by atoms with Crippen LogP contribution in [0.5, 0.6) is 0 Å². The van der Waals surface area contributed by atoms with Gasteiger partial charge >= 0.3 is 0 Å². The Morgan fingerprint density at radius 2 is 1.81 bits per heavy atom. The maximum atomic E-state index is 13.2. The standard InChI is InChI=1S/C25H31FN4O2/c26-18-10-8-17(9-11-18)15-23(31)30-13-4-3-7-22(30)24-27-21-16-29(19-5-1-2-6-19)14-12-20(21)25(32)28-24/h8-11,19,22H,1-7,12-16H2,(H,27,28,32)/t22-/m0/s1. The van der Waals surface area contributed by atoms with Crippen molar-refractivity contribution in [2.45, 2.75) is 76.4 Å². The van der Waals surface area contributed by atoms with Crippen molar-refractivity contribution in [3.63, 3.8) is 0 Å². The van der Waals surface area contributed by atoms with E-state index in [0.717, 1.165) is 55.6 Å². The van der Waals surface area contributed by atoms with Crippen LogP contribution in [0.25, 0.3) is 0 Å². The molecule has 0 spiro atoms. The quantitative estimate of drug-likeness (QED) is 0.793. The number of benzene rings is 1. The topological polar surface area (TPSA) is 69.3 Å². The highest BCUT2D eigenvalue weighted by molar-refractivity contribution is 5.79. The van der Waals surface area contributed by atoms with Crippen LogP contribution in [0, 0.1) is 5.82 Å². The molecular weight excluding hydrogens is 407 g/mol. The summed E-state index contributed by atoms with van der Waals surface area (Å²) in [5.74, 6) is 0.308. The molecule has 0 unspecified atom stereocenters. The van der Waals surface area contributed by atoms with Crippen molar-refractivity contribution < 1.29 is 9.18 Å². The molecule has 1 atom stereocenters. The molecule has 3 aliphatic rings. The van der Waals surface area contributed by atoms with E-state index in [2.05, 4.69) is 9.88 Å².